The molecule has 10 nitrogen and oxygen atoms in total. The van der Waals surface area contributed by atoms with E-state index in [2.05, 4.69) is 25.3 Å². The van der Waals surface area contributed by atoms with Crippen molar-refractivity contribution in [1.29, 1.82) is 5.41 Å². The van der Waals surface area contributed by atoms with Crippen molar-refractivity contribution in [3.63, 3.8) is 0 Å². The first kappa shape index (κ1) is 24.9. The third kappa shape index (κ3) is 4.80. The van der Waals surface area contributed by atoms with Crippen molar-refractivity contribution in [2.45, 2.75) is 36.9 Å². The second-order valence-corrected chi connectivity index (χ2v) is 11.4. The number of carbonyl (C=O) groups is 1. The topological polar surface area (TPSA) is 143 Å². The van der Waals surface area contributed by atoms with Crippen molar-refractivity contribution >= 4 is 27.3 Å². The number of rotatable bonds is 4. The number of hydrogen-bond acceptors (Lipinski definition) is 8. The quantitative estimate of drug-likeness (QED) is 0.565. The molecule has 0 bridgehead atoms. The fraction of sp³-hybridized carbons (Fsp3) is 0.429. The lowest BCUT2D eigenvalue weighted by Crippen LogP contribution is -2.67. The van der Waals surface area contributed by atoms with Gasteiger partial charge in [0.05, 0.1) is 31.4 Å². The molecule has 0 saturated carbocycles. The first-order chi connectivity index (χ1) is 16.2. The standard InChI is InChI=1S/C21H22F3N5O5S/c1-19(2)18(25)29-20(11-35(19,31)32)9-33-8-12-3-4-13(5-14(12)20)28-17(30)15-6-27-16(7-26-15)34-10-21(22,23)24/h3-7H,8-11H2,1-2H3,(H2,25,29)(H,28,30)/t20-/m0/s1. The van der Waals surface area contributed by atoms with Crippen LogP contribution in [0.3, 0.4) is 0 Å². The zero-order valence-electron chi connectivity index (χ0n) is 18.7. The van der Waals surface area contributed by atoms with Gasteiger partial charge in [-0.25, -0.2) is 18.4 Å². The van der Waals surface area contributed by atoms with E-state index >= 15 is 0 Å². The molecule has 1 atom stereocenters. The van der Waals surface area contributed by atoms with Crippen LogP contribution >= 0.6 is 0 Å². The molecule has 1 amide bonds. The maximum absolute atomic E-state index is 13.0. The molecule has 4 rings (SSSR count). The predicted molar refractivity (Wildman–Crippen MR) is 118 cm³/mol. The second-order valence-electron chi connectivity index (χ2n) is 8.81. The number of ether oxygens (including phenoxy) is 2. The fourth-order valence-electron chi connectivity index (χ4n) is 3.81. The zero-order chi connectivity index (χ0) is 25.6. The Morgan fingerprint density at radius 3 is 2.66 bits per heavy atom. The molecule has 0 aliphatic carbocycles. The lowest BCUT2D eigenvalue weighted by atomic mass is 9.85. The lowest BCUT2D eigenvalue weighted by Gasteiger charge is -2.47. The van der Waals surface area contributed by atoms with Gasteiger partial charge in [-0.1, -0.05) is 6.07 Å². The molecule has 1 saturated heterocycles. The Morgan fingerprint density at radius 1 is 1.29 bits per heavy atom. The number of halogens is 3. The molecule has 1 aromatic heterocycles. The van der Waals surface area contributed by atoms with E-state index in [0.29, 0.717) is 16.8 Å². The van der Waals surface area contributed by atoms with E-state index in [9.17, 15) is 26.4 Å². The smallest absolute Gasteiger partial charge is 0.422 e. The number of anilines is 1. The van der Waals surface area contributed by atoms with Crippen LogP contribution in [-0.2, 0) is 26.7 Å². The van der Waals surface area contributed by atoms with Crippen LogP contribution in [0.2, 0.25) is 0 Å². The summed E-state index contributed by atoms with van der Waals surface area (Å²) in [5.41, 5.74) is 0.242. The lowest BCUT2D eigenvalue weighted by molar-refractivity contribution is -0.154. The molecule has 3 N–H and O–H groups in total. The highest BCUT2D eigenvalue weighted by atomic mass is 32.2. The van der Waals surface area contributed by atoms with Gasteiger partial charge in [-0.2, -0.15) is 13.2 Å². The van der Waals surface area contributed by atoms with Gasteiger partial charge in [0.25, 0.3) is 5.91 Å². The summed E-state index contributed by atoms with van der Waals surface area (Å²) in [6.07, 6.45) is -2.65. The predicted octanol–water partition coefficient (Wildman–Crippen LogP) is 2.17. The van der Waals surface area contributed by atoms with Gasteiger partial charge in [0.2, 0.25) is 5.88 Å². The van der Waals surface area contributed by atoms with Crippen LogP contribution in [0.4, 0.5) is 18.9 Å². The van der Waals surface area contributed by atoms with Crippen LogP contribution < -0.4 is 15.4 Å². The van der Waals surface area contributed by atoms with E-state index in [4.69, 9.17) is 10.1 Å². The van der Waals surface area contributed by atoms with Crippen LogP contribution in [0.1, 0.15) is 35.5 Å². The van der Waals surface area contributed by atoms with Gasteiger partial charge in [0, 0.05) is 5.69 Å². The number of sulfone groups is 1. The number of amides is 1. The van der Waals surface area contributed by atoms with E-state index in [1.165, 1.54) is 13.8 Å². The van der Waals surface area contributed by atoms with Crippen LogP contribution in [0.5, 0.6) is 5.88 Å². The van der Waals surface area contributed by atoms with Gasteiger partial charge in [0.1, 0.15) is 21.8 Å². The summed E-state index contributed by atoms with van der Waals surface area (Å²) in [5.74, 6) is -1.52. The van der Waals surface area contributed by atoms with Crippen LogP contribution in [-0.4, -0.2) is 60.0 Å². The molecule has 2 aliphatic rings. The minimum Gasteiger partial charge on any atom is -0.467 e. The molecule has 35 heavy (non-hydrogen) atoms. The number of hydrogen-bond donors (Lipinski definition) is 3. The third-order valence-corrected chi connectivity index (χ3v) is 8.55. The fourth-order valence-corrected chi connectivity index (χ4v) is 5.49. The molecule has 2 aromatic rings. The molecule has 0 unspecified atom stereocenters. The zero-order valence-corrected chi connectivity index (χ0v) is 19.5. The second kappa shape index (κ2) is 8.45. The molecule has 1 fully saturated rings. The molecule has 188 valence electrons. The molecule has 2 aliphatic heterocycles. The summed E-state index contributed by atoms with van der Waals surface area (Å²) in [6, 6.07) is 4.89. The number of fused-ring (bicyclic) bond motifs is 2. The van der Waals surface area contributed by atoms with Crippen LogP contribution in [0.25, 0.3) is 0 Å². The van der Waals surface area contributed by atoms with E-state index in [0.717, 1.165) is 12.4 Å². The van der Waals surface area contributed by atoms with Gasteiger partial charge >= 0.3 is 6.18 Å². The number of carbonyl (C=O) groups excluding carboxylic acids is 1. The van der Waals surface area contributed by atoms with E-state index < -0.39 is 38.8 Å². The highest BCUT2D eigenvalue weighted by Crippen LogP contribution is 2.39. The Bertz CT molecular complexity index is 1280. The monoisotopic (exact) mass is 513 g/mol. The van der Waals surface area contributed by atoms with Crippen molar-refractivity contribution in [3.05, 3.63) is 47.4 Å². The molecule has 3 heterocycles. The number of alkyl halides is 3. The Balaban J connectivity index is 1.56. The Kier molecular flexibility index (Phi) is 6.00. The summed E-state index contributed by atoms with van der Waals surface area (Å²) >= 11 is 0. The molecular formula is C21H22F3N5O5S. The van der Waals surface area contributed by atoms with Crippen molar-refractivity contribution < 1.29 is 35.9 Å². The number of nitrogens with zero attached hydrogens (tertiary/aromatic N) is 2. The van der Waals surface area contributed by atoms with Crippen molar-refractivity contribution in [2.24, 2.45) is 0 Å². The molecule has 1 aromatic carbocycles. The maximum Gasteiger partial charge on any atom is 0.422 e. The first-order valence-electron chi connectivity index (χ1n) is 10.4. The summed E-state index contributed by atoms with van der Waals surface area (Å²) < 4.78 is 71.4. The Morgan fingerprint density at radius 2 is 2.03 bits per heavy atom. The van der Waals surface area contributed by atoms with Gasteiger partial charge < -0.3 is 20.1 Å². The van der Waals surface area contributed by atoms with E-state index in [1.54, 1.807) is 18.2 Å². The van der Waals surface area contributed by atoms with Gasteiger partial charge in [-0.3, -0.25) is 10.2 Å². The van der Waals surface area contributed by atoms with E-state index in [1.807, 2.05) is 0 Å². The SMILES string of the molecule is CC1(C)C(=N)N[C@@]2(COCc3ccc(NC(=O)c4cnc(OCC(F)(F)F)cn4)cc32)CS1(=O)=O. The van der Waals surface area contributed by atoms with Crippen LogP contribution in [0, 0.1) is 5.41 Å². The van der Waals surface area contributed by atoms with Gasteiger partial charge in [0.15, 0.2) is 16.4 Å². The Labute approximate surface area is 198 Å². The maximum atomic E-state index is 13.0. The average molecular weight is 513 g/mol. The van der Waals surface area contributed by atoms with Crippen molar-refractivity contribution in [1.82, 2.24) is 15.3 Å². The number of nitrogens with one attached hydrogen (secondary N) is 3. The third-order valence-electron chi connectivity index (χ3n) is 5.91. The minimum atomic E-state index is -4.53. The molecular weight excluding hydrogens is 491 g/mol. The van der Waals surface area contributed by atoms with Crippen molar-refractivity contribution in [2.75, 3.05) is 24.3 Å². The summed E-state index contributed by atoms with van der Waals surface area (Å²) in [7, 11) is -3.71. The molecule has 0 radical (unpaired) electrons. The van der Waals surface area contributed by atoms with E-state index in [-0.39, 0.29) is 36.4 Å². The normalized spacial score (nSPS) is 22.7. The Hall–Kier alpha value is -3.26. The van der Waals surface area contributed by atoms with Crippen LogP contribution in [0.15, 0.2) is 30.6 Å². The van der Waals surface area contributed by atoms with Crippen molar-refractivity contribution in [3.8, 4) is 5.88 Å². The largest absolute Gasteiger partial charge is 0.467 e. The highest BCUT2D eigenvalue weighted by molar-refractivity contribution is 7.93. The highest BCUT2D eigenvalue weighted by Gasteiger charge is 2.54. The number of amidine groups is 1. The number of benzene rings is 1. The van der Waals surface area contributed by atoms with Gasteiger partial charge in [-0.15, -0.1) is 0 Å². The first-order valence-corrected chi connectivity index (χ1v) is 12.0. The number of aromatic nitrogens is 2. The van der Waals surface area contributed by atoms with Gasteiger partial charge in [-0.05, 0) is 37.1 Å². The summed E-state index contributed by atoms with van der Waals surface area (Å²) in [4.78, 5) is 20.1. The summed E-state index contributed by atoms with van der Waals surface area (Å²) in [6.45, 7) is 1.64. The molecule has 14 heteroatoms. The average Bonchev–Trinajstić information content (AvgIpc) is 2.77. The molecule has 1 spiro atoms. The summed E-state index contributed by atoms with van der Waals surface area (Å²) in [5, 5.41) is 14.0. The minimum absolute atomic E-state index is 0.0138.